The Balaban J connectivity index is 2.70. The molecule has 0 saturated carbocycles. The molecule has 0 bridgehead atoms. The molecule has 0 N–H and O–H groups in total. The lowest BCUT2D eigenvalue weighted by Gasteiger charge is -2.39. The molecule has 1 atom stereocenters. The van der Waals surface area contributed by atoms with Crippen LogP contribution in [0.5, 0.6) is 0 Å². The van der Waals surface area contributed by atoms with Crippen LogP contribution in [0.2, 0.25) is 0 Å². The summed E-state index contributed by atoms with van der Waals surface area (Å²) in [6.45, 7) is 17.8. The van der Waals surface area contributed by atoms with E-state index >= 15 is 0 Å². The van der Waals surface area contributed by atoms with Crippen molar-refractivity contribution in [1.82, 2.24) is 4.90 Å². The first-order chi connectivity index (χ1) is 6.71. The van der Waals surface area contributed by atoms with E-state index in [1.54, 1.807) is 0 Å². The van der Waals surface area contributed by atoms with E-state index in [2.05, 4.69) is 46.4 Å². The summed E-state index contributed by atoms with van der Waals surface area (Å²) in [6, 6.07) is 0. The summed E-state index contributed by atoms with van der Waals surface area (Å²) in [6.07, 6.45) is 0. The molecular formula is C13H27NO. The topological polar surface area (TPSA) is 12.5 Å². The summed E-state index contributed by atoms with van der Waals surface area (Å²) in [5, 5.41) is 0. The molecule has 2 nitrogen and oxygen atoms in total. The molecule has 0 radical (unpaired) electrons. The van der Waals surface area contributed by atoms with Gasteiger partial charge in [-0.1, -0.05) is 20.8 Å². The van der Waals surface area contributed by atoms with E-state index in [4.69, 9.17) is 4.74 Å². The van der Waals surface area contributed by atoms with Crippen molar-refractivity contribution in [3.63, 3.8) is 0 Å². The van der Waals surface area contributed by atoms with Gasteiger partial charge in [-0.2, -0.15) is 0 Å². The molecule has 0 amide bonds. The second-order valence-corrected chi connectivity index (χ2v) is 6.75. The number of hydrogen-bond donors (Lipinski definition) is 0. The molecule has 1 fully saturated rings. The maximum Gasteiger partial charge on any atom is 0.0593 e. The van der Waals surface area contributed by atoms with E-state index < -0.39 is 0 Å². The predicted molar refractivity (Wildman–Crippen MR) is 65.1 cm³/mol. The Bertz CT molecular complexity index is 178. The lowest BCUT2D eigenvalue weighted by Crippen LogP contribution is -2.46. The van der Waals surface area contributed by atoms with Gasteiger partial charge in [0.05, 0.1) is 13.2 Å². The SMILES string of the molecule is CC(C)(C)C1COCCN(C(C)(C)C)C1. The van der Waals surface area contributed by atoms with Gasteiger partial charge in [0, 0.05) is 18.6 Å². The Morgan fingerprint density at radius 2 is 1.67 bits per heavy atom. The van der Waals surface area contributed by atoms with Crippen LogP contribution in [-0.4, -0.2) is 36.7 Å². The van der Waals surface area contributed by atoms with Gasteiger partial charge in [-0.3, -0.25) is 4.90 Å². The van der Waals surface area contributed by atoms with E-state index in [9.17, 15) is 0 Å². The van der Waals surface area contributed by atoms with Crippen molar-refractivity contribution < 1.29 is 4.74 Å². The lowest BCUT2D eigenvalue weighted by atomic mass is 9.80. The van der Waals surface area contributed by atoms with Crippen LogP contribution in [0.3, 0.4) is 0 Å². The second kappa shape index (κ2) is 4.42. The van der Waals surface area contributed by atoms with E-state index in [1.807, 2.05) is 0 Å². The van der Waals surface area contributed by atoms with Gasteiger partial charge in [0.25, 0.3) is 0 Å². The maximum atomic E-state index is 5.72. The number of ether oxygens (including phenoxy) is 1. The molecule has 0 aromatic carbocycles. The Morgan fingerprint density at radius 3 is 2.13 bits per heavy atom. The summed E-state index contributed by atoms with van der Waals surface area (Å²) >= 11 is 0. The van der Waals surface area contributed by atoms with Gasteiger partial charge >= 0.3 is 0 Å². The number of nitrogens with zero attached hydrogens (tertiary/aromatic N) is 1. The summed E-state index contributed by atoms with van der Waals surface area (Å²) in [5.74, 6) is 0.638. The average molecular weight is 213 g/mol. The minimum Gasteiger partial charge on any atom is -0.380 e. The van der Waals surface area contributed by atoms with E-state index in [1.165, 1.54) is 0 Å². The smallest absolute Gasteiger partial charge is 0.0593 e. The van der Waals surface area contributed by atoms with Gasteiger partial charge in [0.15, 0.2) is 0 Å². The first-order valence-electron chi connectivity index (χ1n) is 6.04. The molecule has 0 aromatic rings. The molecule has 1 aliphatic heterocycles. The van der Waals surface area contributed by atoms with Crippen molar-refractivity contribution in [2.45, 2.75) is 47.1 Å². The van der Waals surface area contributed by atoms with Crippen molar-refractivity contribution in [2.24, 2.45) is 11.3 Å². The highest BCUT2D eigenvalue weighted by atomic mass is 16.5. The highest BCUT2D eigenvalue weighted by Crippen LogP contribution is 2.30. The molecule has 90 valence electrons. The molecule has 0 spiro atoms. The van der Waals surface area contributed by atoms with Gasteiger partial charge in [-0.05, 0) is 32.1 Å². The molecule has 0 aliphatic carbocycles. The first kappa shape index (κ1) is 13.0. The predicted octanol–water partition coefficient (Wildman–Crippen LogP) is 2.78. The van der Waals surface area contributed by atoms with Crippen LogP contribution in [0.15, 0.2) is 0 Å². The monoisotopic (exact) mass is 213 g/mol. The molecule has 2 heteroatoms. The molecule has 1 rings (SSSR count). The van der Waals surface area contributed by atoms with Crippen molar-refractivity contribution in [2.75, 3.05) is 26.3 Å². The van der Waals surface area contributed by atoms with Crippen molar-refractivity contribution in [3.8, 4) is 0 Å². The van der Waals surface area contributed by atoms with Gasteiger partial charge < -0.3 is 4.74 Å². The zero-order valence-corrected chi connectivity index (χ0v) is 11.3. The third-order valence-corrected chi connectivity index (χ3v) is 3.44. The van der Waals surface area contributed by atoms with E-state index in [0.717, 1.165) is 26.3 Å². The standard InChI is InChI=1S/C13H27NO/c1-12(2,3)11-9-14(13(4,5)6)7-8-15-10-11/h11H,7-10H2,1-6H3. The zero-order chi connectivity index (χ0) is 11.7. The fourth-order valence-corrected chi connectivity index (χ4v) is 1.94. The Kier molecular flexibility index (Phi) is 3.83. The van der Waals surface area contributed by atoms with E-state index in [0.29, 0.717) is 11.3 Å². The van der Waals surface area contributed by atoms with Gasteiger partial charge in [-0.15, -0.1) is 0 Å². The summed E-state index contributed by atoms with van der Waals surface area (Å²) in [5.41, 5.74) is 0.602. The summed E-state index contributed by atoms with van der Waals surface area (Å²) in [7, 11) is 0. The Morgan fingerprint density at radius 1 is 1.07 bits per heavy atom. The fourth-order valence-electron chi connectivity index (χ4n) is 1.94. The summed E-state index contributed by atoms with van der Waals surface area (Å²) < 4.78 is 5.72. The first-order valence-corrected chi connectivity index (χ1v) is 6.04. The van der Waals surface area contributed by atoms with Crippen LogP contribution >= 0.6 is 0 Å². The van der Waals surface area contributed by atoms with Crippen LogP contribution in [0.25, 0.3) is 0 Å². The third kappa shape index (κ3) is 3.76. The quantitative estimate of drug-likeness (QED) is 0.613. The van der Waals surface area contributed by atoms with Crippen LogP contribution in [0.1, 0.15) is 41.5 Å². The third-order valence-electron chi connectivity index (χ3n) is 3.44. The van der Waals surface area contributed by atoms with Crippen molar-refractivity contribution in [1.29, 1.82) is 0 Å². The highest BCUT2D eigenvalue weighted by Gasteiger charge is 2.32. The number of rotatable bonds is 0. The summed E-state index contributed by atoms with van der Waals surface area (Å²) in [4.78, 5) is 2.55. The Hall–Kier alpha value is -0.0800. The average Bonchev–Trinajstić information content (AvgIpc) is 2.24. The van der Waals surface area contributed by atoms with Crippen molar-refractivity contribution >= 4 is 0 Å². The van der Waals surface area contributed by atoms with Crippen LogP contribution in [0.4, 0.5) is 0 Å². The molecule has 1 aliphatic rings. The minimum absolute atomic E-state index is 0.261. The second-order valence-electron chi connectivity index (χ2n) is 6.75. The van der Waals surface area contributed by atoms with Crippen LogP contribution < -0.4 is 0 Å². The van der Waals surface area contributed by atoms with Crippen LogP contribution in [0, 0.1) is 11.3 Å². The maximum absolute atomic E-state index is 5.72. The van der Waals surface area contributed by atoms with E-state index in [-0.39, 0.29) is 5.54 Å². The van der Waals surface area contributed by atoms with Gasteiger partial charge in [0.2, 0.25) is 0 Å². The molecule has 15 heavy (non-hydrogen) atoms. The van der Waals surface area contributed by atoms with Gasteiger partial charge in [-0.25, -0.2) is 0 Å². The molecule has 0 aromatic heterocycles. The number of hydrogen-bond acceptors (Lipinski definition) is 2. The lowest BCUT2D eigenvalue weighted by molar-refractivity contribution is 0.0741. The molecular weight excluding hydrogens is 186 g/mol. The van der Waals surface area contributed by atoms with Crippen molar-refractivity contribution in [3.05, 3.63) is 0 Å². The minimum atomic E-state index is 0.261. The zero-order valence-electron chi connectivity index (χ0n) is 11.3. The normalized spacial score (nSPS) is 26.4. The molecule has 1 saturated heterocycles. The fraction of sp³-hybridized carbons (Fsp3) is 1.00. The van der Waals surface area contributed by atoms with Crippen LogP contribution in [-0.2, 0) is 4.74 Å². The Labute approximate surface area is 95.0 Å². The molecule has 1 unspecified atom stereocenters. The molecule has 1 heterocycles. The largest absolute Gasteiger partial charge is 0.380 e. The van der Waals surface area contributed by atoms with Gasteiger partial charge in [0.1, 0.15) is 0 Å². The highest BCUT2D eigenvalue weighted by molar-refractivity contribution is 4.84.